The zero-order chi connectivity index (χ0) is 38.2. The Bertz CT molecular complexity index is 1600. The van der Waals surface area contributed by atoms with Crippen LogP contribution in [0.25, 0.3) is 5.69 Å². The fraction of sp³-hybridized carbons (Fsp3) is 0.622. The van der Waals surface area contributed by atoms with Crippen LogP contribution in [-0.4, -0.2) is 110 Å². The summed E-state index contributed by atoms with van der Waals surface area (Å²) in [7, 11) is 0. The van der Waals surface area contributed by atoms with Gasteiger partial charge < -0.3 is 29.9 Å². The van der Waals surface area contributed by atoms with Crippen molar-refractivity contribution in [2.75, 3.05) is 38.0 Å². The van der Waals surface area contributed by atoms with E-state index in [0.717, 1.165) is 44.3 Å². The summed E-state index contributed by atoms with van der Waals surface area (Å²) >= 11 is 0. The summed E-state index contributed by atoms with van der Waals surface area (Å²) in [6, 6.07) is 8.70. The van der Waals surface area contributed by atoms with Crippen LogP contribution >= 0.6 is 0 Å². The summed E-state index contributed by atoms with van der Waals surface area (Å²) in [4.78, 5) is 72.7. The van der Waals surface area contributed by atoms with E-state index < -0.39 is 35.1 Å². The van der Waals surface area contributed by atoms with Gasteiger partial charge in [0.25, 0.3) is 0 Å². The van der Waals surface area contributed by atoms with Crippen LogP contribution in [0.5, 0.6) is 0 Å². The van der Waals surface area contributed by atoms with Crippen molar-refractivity contribution in [2.24, 2.45) is 0 Å². The molecule has 1 aromatic heterocycles. The lowest BCUT2D eigenvalue weighted by Gasteiger charge is -2.36. The van der Waals surface area contributed by atoms with E-state index in [-0.39, 0.29) is 36.9 Å². The fourth-order valence-electron chi connectivity index (χ4n) is 6.36. The normalized spacial score (nSPS) is 18.7. The second kappa shape index (κ2) is 17.2. The summed E-state index contributed by atoms with van der Waals surface area (Å²) in [5.41, 5.74) is 0.0608. The Morgan fingerprint density at radius 2 is 1.44 bits per heavy atom. The lowest BCUT2D eigenvalue weighted by atomic mass is 9.90. The number of benzene rings is 1. The zero-order valence-electron chi connectivity index (χ0n) is 31.9. The van der Waals surface area contributed by atoms with Gasteiger partial charge in [0, 0.05) is 51.0 Å². The molecule has 2 fully saturated rings. The number of urea groups is 1. The summed E-state index contributed by atoms with van der Waals surface area (Å²) < 4.78 is 12.1. The Morgan fingerprint density at radius 1 is 0.865 bits per heavy atom. The van der Waals surface area contributed by atoms with Crippen LogP contribution in [0, 0.1) is 0 Å². The quantitative estimate of drug-likeness (QED) is 0.338. The lowest BCUT2D eigenvalue weighted by molar-refractivity contribution is -0.134. The predicted molar refractivity (Wildman–Crippen MR) is 197 cm³/mol. The molecule has 2 heterocycles. The molecule has 2 aliphatic rings. The van der Waals surface area contributed by atoms with Crippen molar-refractivity contribution in [3.05, 3.63) is 52.6 Å². The van der Waals surface area contributed by atoms with Crippen molar-refractivity contribution in [1.82, 2.24) is 34.9 Å². The maximum Gasteiger partial charge on any atom is 0.408 e. The number of piperazine rings is 1. The number of alkyl carbamates (subject to hydrolysis) is 2. The SMILES string of the molecule is CCN(Cc1ccc(-n2ccc(NC(=O)N3CCN(C(=O)[C@H](C)NC(=O)OC(C)(C)C)CC3)nc2=O)cc1)C1CCC(NC(=O)OC(C)(C)C)CC1. The van der Waals surface area contributed by atoms with Crippen molar-refractivity contribution >= 4 is 29.9 Å². The number of anilines is 1. The average Bonchev–Trinajstić information content (AvgIpc) is 3.06. The van der Waals surface area contributed by atoms with E-state index in [1.54, 1.807) is 49.8 Å². The van der Waals surface area contributed by atoms with Gasteiger partial charge >= 0.3 is 23.9 Å². The van der Waals surface area contributed by atoms with Crippen LogP contribution in [0.4, 0.5) is 20.2 Å². The lowest BCUT2D eigenvalue weighted by Crippen LogP contribution is -2.56. The van der Waals surface area contributed by atoms with E-state index in [1.807, 2.05) is 45.0 Å². The number of carbonyl (C=O) groups is 4. The summed E-state index contributed by atoms with van der Waals surface area (Å²) in [6.45, 7) is 17.4. The molecule has 1 aliphatic heterocycles. The van der Waals surface area contributed by atoms with Gasteiger partial charge in [-0.2, -0.15) is 4.98 Å². The number of aromatic nitrogens is 2. The average molecular weight is 725 g/mol. The van der Waals surface area contributed by atoms with Crippen LogP contribution < -0.4 is 21.6 Å². The molecule has 1 saturated carbocycles. The van der Waals surface area contributed by atoms with Crippen LogP contribution in [0.2, 0.25) is 0 Å². The standard InChI is InChI=1S/C37H56N8O7/c1-9-42(28-16-12-27(13-17-28)39-35(50)52-37(6,7)8)24-26-10-14-29(15-11-26)45-19-18-30(41-33(45)48)40-32(47)44-22-20-43(21-23-44)31(46)25(2)38-34(49)51-36(3,4)5/h10-11,14-15,18-19,25,27-28H,9,12-13,16-17,20-24H2,1-8H3,(H,38,49)(H,39,50)(H,40,41,47,48)/t25-,27?,28?/m0/s1. The third-order valence-corrected chi connectivity index (χ3v) is 8.96. The minimum absolute atomic E-state index is 0.120. The third-order valence-electron chi connectivity index (χ3n) is 8.96. The molecule has 15 heteroatoms. The number of carbonyl (C=O) groups excluding carboxylic acids is 4. The van der Waals surface area contributed by atoms with Gasteiger partial charge in [0.2, 0.25) is 5.91 Å². The Hall–Kier alpha value is -4.66. The molecule has 0 unspecified atom stereocenters. The highest BCUT2D eigenvalue weighted by Gasteiger charge is 2.30. The number of rotatable bonds is 9. The molecule has 5 amide bonds. The number of nitrogens with zero attached hydrogens (tertiary/aromatic N) is 5. The van der Waals surface area contributed by atoms with Crippen LogP contribution in [0.3, 0.4) is 0 Å². The van der Waals surface area contributed by atoms with Crippen LogP contribution in [0.1, 0.15) is 86.6 Å². The second-order valence-electron chi connectivity index (χ2n) is 15.5. The van der Waals surface area contributed by atoms with Gasteiger partial charge in [-0.15, -0.1) is 0 Å². The first-order valence-electron chi connectivity index (χ1n) is 18.2. The molecule has 0 radical (unpaired) electrons. The van der Waals surface area contributed by atoms with Gasteiger partial charge in [-0.1, -0.05) is 19.1 Å². The van der Waals surface area contributed by atoms with E-state index in [0.29, 0.717) is 24.8 Å². The van der Waals surface area contributed by atoms with Gasteiger partial charge in [-0.05, 0) is 104 Å². The van der Waals surface area contributed by atoms with Crippen molar-refractivity contribution in [3.63, 3.8) is 0 Å². The van der Waals surface area contributed by atoms with Crippen molar-refractivity contribution in [3.8, 4) is 5.69 Å². The third kappa shape index (κ3) is 12.0. The molecule has 286 valence electrons. The second-order valence-corrected chi connectivity index (χ2v) is 15.5. The molecule has 0 bridgehead atoms. The molecule has 1 aromatic carbocycles. The Balaban J connectivity index is 1.24. The van der Waals surface area contributed by atoms with E-state index in [9.17, 15) is 24.0 Å². The first kappa shape index (κ1) is 40.1. The topological polar surface area (TPSA) is 167 Å². The number of nitrogens with one attached hydrogen (secondary N) is 3. The van der Waals surface area contributed by atoms with E-state index >= 15 is 0 Å². The Labute approximate surface area is 306 Å². The zero-order valence-corrected chi connectivity index (χ0v) is 31.9. The minimum atomic E-state index is -0.777. The van der Waals surface area contributed by atoms with Gasteiger partial charge in [0.05, 0.1) is 5.69 Å². The highest BCUT2D eigenvalue weighted by Crippen LogP contribution is 2.25. The minimum Gasteiger partial charge on any atom is -0.444 e. The Morgan fingerprint density at radius 3 is 2.00 bits per heavy atom. The molecule has 1 aliphatic carbocycles. The molecule has 52 heavy (non-hydrogen) atoms. The monoisotopic (exact) mass is 724 g/mol. The molecule has 1 saturated heterocycles. The highest BCUT2D eigenvalue weighted by atomic mass is 16.6. The predicted octanol–water partition coefficient (Wildman–Crippen LogP) is 4.48. The maximum atomic E-state index is 13.0. The van der Waals surface area contributed by atoms with Crippen molar-refractivity contribution in [2.45, 2.75) is 117 Å². The number of hydrogen-bond acceptors (Lipinski definition) is 9. The molecule has 15 nitrogen and oxygen atoms in total. The summed E-state index contributed by atoms with van der Waals surface area (Å²) in [5.74, 6) is -0.133. The van der Waals surface area contributed by atoms with E-state index in [1.165, 1.54) is 4.57 Å². The highest BCUT2D eigenvalue weighted by molar-refractivity contribution is 5.89. The van der Waals surface area contributed by atoms with Crippen LogP contribution in [-0.2, 0) is 20.8 Å². The van der Waals surface area contributed by atoms with Gasteiger partial charge in [-0.25, -0.2) is 19.2 Å². The smallest absolute Gasteiger partial charge is 0.408 e. The van der Waals surface area contributed by atoms with Gasteiger partial charge in [0.15, 0.2) is 0 Å². The largest absolute Gasteiger partial charge is 0.444 e. The first-order chi connectivity index (χ1) is 24.4. The van der Waals surface area contributed by atoms with Gasteiger partial charge in [-0.3, -0.25) is 19.6 Å². The maximum absolute atomic E-state index is 13.0. The summed E-state index contributed by atoms with van der Waals surface area (Å²) in [6.07, 6.45) is 4.33. The molecule has 0 spiro atoms. The molecule has 1 atom stereocenters. The molecule has 2 aromatic rings. The number of ether oxygens (including phenoxy) is 2. The molecular formula is C37H56N8O7. The Kier molecular flexibility index (Phi) is 13.3. The fourth-order valence-corrected chi connectivity index (χ4v) is 6.36. The summed E-state index contributed by atoms with van der Waals surface area (Å²) in [5, 5.41) is 8.26. The van der Waals surface area contributed by atoms with Crippen molar-refractivity contribution in [1.29, 1.82) is 0 Å². The molecule has 4 rings (SSSR count). The first-order valence-corrected chi connectivity index (χ1v) is 18.2. The molecular weight excluding hydrogens is 668 g/mol. The van der Waals surface area contributed by atoms with Crippen LogP contribution in [0.15, 0.2) is 41.3 Å². The van der Waals surface area contributed by atoms with E-state index in [4.69, 9.17) is 9.47 Å². The van der Waals surface area contributed by atoms with Gasteiger partial charge in [0.1, 0.15) is 23.1 Å². The molecule has 3 N–H and O–H groups in total. The number of hydrogen-bond donors (Lipinski definition) is 3. The van der Waals surface area contributed by atoms with E-state index in [2.05, 4.69) is 32.8 Å². The number of amides is 5. The van der Waals surface area contributed by atoms with Crippen molar-refractivity contribution < 1.29 is 28.7 Å².